The average molecular weight is 317 g/mol. The number of carbonyl (C=O) groups is 1. The minimum atomic E-state index is -0.0212. The standard InChI is InChI=1S/C19H27NO3/c1-15-6-3-4-7-16(15)12-18(21)20-10-8-17-19(13-20,14-22-2)9-5-11-23-17/h3-4,6-7,17H,5,8-14H2,1-2H3. The van der Waals surface area contributed by atoms with Gasteiger partial charge in [0.25, 0.3) is 0 Å². The van der Waals surface area contributed by atoms with Crippen LogP contribution in [0, 0.1) is 12.3 Å². The highest BCUT2D eigenvalue weighted by Crippen LogP contribution is 2.40. The molecule has 2 heterocycles. The number of hydrogen-bond donors (Lipinski definition) is 0. The third-order valence-electron chi connectivity index (χ3n) is 5.38. The van der Waals surface area contributed by atoms with Crippen LogP contribution >= 0.6 is 0 Å². The Morgan fingerprint density at radius 3 is 3.04 bits per heavy atom. The first-order chi connectivity index (χ1) is 11.1. The summed E-state index contributed by atoms with van der Waals surface area (Å²) in [5, 5.41) is 0. The Morgan fingerprint density at radius 1 is 1.43 bits per heavy atom. The lowest BCUT2D eigenvalue weighted by molar-refractivity contribution is -0.161. The zero-order valence-electron chi connectivity index (χ0n) is 14.2. The molecule has 23 heavy (non-hydrogen) atoms. The van der Waals surface area contributed by atoms with Crippen molar-refractivity contribution in [2.75, 3.05) is 33.4 Å². The fourth-order valence-corrected chi connectivity index (χ4v) is 4.08. The molecule has 0 spiro atoms. The van der Waals surface area contributed by atoms with Crippen LogP contribution in [-0.2, 0) is 20.7 Å². The van der Waals surface area contributed by atoms with Crippen molar-refractivity contribution in [3.63, 3.8) is 0 Å². The molecule has 4 heteroatoms. The number of ether oxygens (including phenoxy) is 2. The maximum Gasteiger partial charge on any atom is 0.227 e. The molecule has 1 aromatic carbocycles. The number of carbonyl (C=O) groups excluding carboxylic acids is 1. The van der Waals surface area contributed by atoms with Crippen molar-refractivity contribution in [2.45, 2.75) is 38.7 Å². The summed E-state index contributed by atoms with van der Waals surface area (Å²) in [7, 11) is 1.74. The van der Waals surface area contributed by atoms with Gasteiger partial charge < -0.3 is 14.4 Å². The summed E-state index contributed by atoms with van der Waals surface area (Å²) in [5.74, 6) is 0.221. The Morgan fingerprint density at radius 2 is 2.26 bits per heavy atom. The average Bonchev–Trinajstić information content (AvgIpc) is 2.56. The van der Waals surface area contributed by atoms with Gasteiger partial charge in [-0.15, -0.1) is 0 Å². The van der Waals surface area contributed by atoms with E-state index in [2.05, 4.69) is 19.1 Å². The normalized spacial score (nSPS) is 27.6. The number of aryl methyl sites for hydroxylation is 1. The Labute approximate surface area is 138 Å². The zero-order valence-corrected chi connectivity index (χ0v) is 14.2. The second-order valence-electron chi connectivity index (χ2n) is 6.97. The summed E-state index contributed by atoms with van der Waals surface area (Å²) in [6.07, 6.45) is 3.78. The highest BCUT2D eigenvalue weighted by atomic mass is 16.5. The molecule has 2 aliphatic heterocycles. The molecule has 0 aromatic heterocycles. The number of piperidine rings is 1. The fourth-order valence-electron chi connectivity index (χ4n) is 4.08. The molecule has 0 radical (unpaired) electrons. The largest absolute Gasteiger partial charge is 0.384 e. The van der Waals surface area contributed by atoms with Crippen LogP contribution in [-0.4, -0.2) is 50.3 Å². The van der Waals surface area contributed by atoms with Crippen LogP contribution in [0.1, 0.15) is 30.4 Å². The number of nitrogens with zero attached hydrogens (tertiary/aromatic N) is 1. The van der Waals surface area contributed by atoms with Crippen LogP contribution in [0.25, 0.3) is 0 Å². The predicted molar refractivity (Wildman–Crippen MR) is 89.4 cm³/mol. The maximum absolute atomic E-state index is 12.8. The molecule has 1 amide bonds. The fraction of sp³-hybridized carbons (Fsp3) is 0.632. The van der Waals surface area contributed by atoms with Gasteiger partial charge in [-0.25, -0.2) is 0 Å². The van der Waals surface area contributed by atoms with Gasteiger partial charge in [-0.2, -0.15) is 0 Å². The van der Waals surface area contributed by atoms with Crippen molar-refractivity contribution >= 4 is 5.91 Å². The van der Waals surface area contributed by atoms with Crippen molar-refractivity contribution in [3.8, 4) is 0 Å². The van der Waals surface area contributed by atoms with E-state index in [-0.39, 0.29) is 17.4 Å². The molecule has 2 unspecified atom stereocenters. The maximum atomic E-state index is 12.8. The van der Waals surface area contributed by atoms with Crippen LogP contribution in [0.4, 0.5) is 0 Å². The van der Waals surface area contributed by atoms with Gasteiger partial charge >= 0.3 is 0 Å². The van der Waals surface area contributed by atoms with Crippen LogP contribution in [0.2, 0.25) is 0 Å². The van der Waals surface area contributed by atoms with E-state index in [9.17, 15) is 4.79 Å². The summed E-state index contributed by atoms with van der Waals surface area (Å²) in [6.45, 7) is 5.13. The quantitative estimate of drug-likeness (QED) is 0.857. The molecule has 0 saturated carbocycles. The topological polar surface area (TPSA) is 38.8 Å². The van der Waals surface area contributed by atoms with Crippen molar-refractivity contribution < 1.29 is 14.3 Å². The van der Waals surface area contributed by atoms with Crippen molar-refractivity contribution in [2.24, 2.45) is 5.41 Å². The Balaban J connectivity index is 1.71. The van der Waals surface area contributed by atoms with Gasteiger partial charge in [0.1, 0.15) is 0 Å². The molecular formula is C19H27NO3. The monoisotopic (exact) mass is 317 g/mol. The molecule has 0 aliphatic carbocycles. The SMILES string of the molecule is COCC12CCCOC1CCN(C(=O)Cc1ccccc1C)C2. The van der Waals surface area contributed by atoms with E-state index in [1.807, 2.05) is 17.0 Å². The molecule has 2 aliphatic rings. The smallest absolute Gasteiger partial charge is 0.227 e. The van der Waals surface area contributed by atoms with E-state index >= 15 is 0 Å². The third kappa shape index (κ3) is 3.43. The molecule has 3 rings (SSSR count). The molecule has 2 atom stereocenters. The summed E-state index contributed by atoms with van der Waals surface area (Å²) in [6, 6.07) is 8.13. The number of rotatable bonds is 4. The van der Waals surface area contributed by atoms with Gasteiger partial charge in [0, 0.05) is 32.2 Å². The van der Waals surface area contributed by atoms with Crippen molar-refractivity contribution in [1.29, 1.82) is 0 Å². The second-order valence-corrected chi connectivity index (χ2v) is 6.97. The molecule has 2 saturated heterocycles. The number of fused-ring (bicyclic) bond motifs is 1. The van der Waals surface area contributed by atoms with E-state index in [0.29, 0.717) is 13.0 Å². The summed E-state index contributed by atoms with van der Waals surface area (Å²) in [4.78, 5) is 14.8. The minimum absolute atomic E-state index is 0.0212. The van der Waals surface area contributed by atoms with Crippen LogP contribution in [0.5, 0.6) is 0 Å². The molecule has 0 bridgehead atoms. The molecule has 4 nitrogen and oxygen atoms in total. The number of amides is 1. The molecular weight excluding hydrogens is 290 g/mol. The Hall–Kier alpha value is -1.39. The van der Waals surface area contributed by atoms with Crippen LogP contribution < -0.4 is 0 Å². The molecule has 1 aromatic rings. The zero-order chi connectivity index (χ0) is 16.3. The lowest BCUT2D eigenvalue weighted by Crippen LogP contribution is -2.58. The highest BCUT2D eigenvalue weighted by Gasteiger charge is 2.46. The second kappa shape index (κ2) is 7.02. The predicted octanol–water partition coefficient (Wildman–Crippen LogP) is 2.58. The Bertz CT molecular complexity index is 555. The third-order valence-corrected chi connectivity index (χ3v) is 5.38. The molecule has 126 valence electrons. The first-order valence-corrected chi connectivity index (χ1v) is 8.57. The number of benzene rings is 1. The minimum Gasteiger partial charge on any atom is -0.384 e. The van der Waals surface area contributed by atoms with E-state index in [1.165, 1.54) is 5.56 Å². The van der Waals surface area contributed by atoms with Crippen LogP contribution in [0.3, 0.4) is 0 Å². The Kier molecular flexibility index (Phi) is 5.02. The van der Waals surface area contributed by atoms with Gasteiger partial charge in [-0.1, -0.05) is 24.3 Å². The lowest BCUT2D eigenvalue weighted by Gasteiger charge is -2.50. The summed E-state index contributed by atoms with van der Waals surface area (Å²) < 4.78 is 11.5. The summed E-state index contributed by atoms with van der Waals surface area (Å²) >= 11 is 0. The van der Waals surface area contributed by atoms with Gasteiger partial charge in [0.05, 0.1) is 19.1 Å². The van der Waals surface area contributed by atoms with Crippen molar-refractivity contribution in [3.05, 3.63) is 35.4 Å². The van der Waals surface area contributed by atoms with Gasteiger partial charge in [0.15, 0.2) is 0 Å². The highest BCUT2D eigenvalue weighted by molar-refractivity contribution is 5.79. The number of methoxy groups -OCH3 is 1. The first kappa shape index (κ1) is 16.5. The van der Waals surface area contributed by atoms with E-state index in [4.69, 9.17) is 9.47 Å². The van der Waals surface area contributed by atoms with Crippen molar-refractivity contribution in [1.82, 2.24) is 4.90 Å². The van der Waals surface area contributed by atoms with E-state index in [1.54, 1.807) is 7.11 Å². The van der Waals surface area contributed by atoms with Gasteiger partial charge in [-0.3, -0.25) is 4.79 Å². The molecule has 2 fully saturated rings. The van der Waals surface area contributed by atoms with Gasteiger partial charge in [0.2, 0.25) is 5.91 Å². The van der Waals surface area contributed by atoms with Crippen LogP contribution in [0.15, 0.2) is 24.3 Å². The number of hydrogen-bond acceptors (Lipinski definition) is 3. The van der Waals surface area contributed by atoms with E-state index < -0.39 is 0 Å². The summed E-state index contributed by atoms with van der Waals surface area (Å²) in [5.41, 5.74) is 2.29. The first-order valence-electron chi connectivity index (χ1n) is 8.57. The van der Waals surface area contributed by atoms with E-state index in [0.717, 1.165) is 44.5 Å². The van der Waals surface area contributed by atoms with Gasteiger partial charge in [-0.05, 0) is 37.3 Å². The number of likely N-dealkylation sites (tertiary alicyclic amines) is 1. The lowest BCUT2D eigenvalue weighted by atomic mass is 9.73. The molecule has 0 N–H and O–H groups in total.